The van der Waals surface area contributed by atoms with E-state index in [2.05, 4.69) is 5.32 Å². The second kappa shape index (κ2) is 7.92. The molecule has 0 unspecified atom stereocenters. The highest BCUT2D eigenvalue weighted by Gasteiger charge is 2.06. The Morgan fingerprint density at radius 3 is 2.85 bits per heavy atom. The highest BCUT2D eigenvalue weighted by atomic mass is 16.2. The van der Waals surface area contributed by atoms with Crippen LogP contribution in [0.4, 0.5) is 5.69 Å². The normalized spacial score (nSPS) is 10.1. The lowest BCUT2D eigenvalue weighted by Crippen LogP contribution is -2.31. The van der Waals surface area contributed by atoms with E-state index < -0.39 is 0 Å². The van der Waals surface area contributed by atoms with Crippen molar-refractivity contribution >= 4 is 17.5 Å². The Morgan fingerprint density at radius 2 is 2.20 bits per heavy atom. The van der Waals surface area contributed by atoms with Gasteiger partial charge in [-0.15, -0.1) is 0 Å². The van der Waals surface area contributed by atoms with Gasteiger partial charge >= 0.3 is 0 Å². The first-order valence-electron chi connectivity index (χ1n) is 6.28. The number of primary amides is 1. The topological polar surface area (TPSA) is 99.2 Å². The Morgan fingerprint density at radius 1 is 1.45 bits per heavy atom. The number of amides is 2. The number of rotatable bonds is 7. The first kappa shape index (κ1) is 15.7. The summed E-state index contributed by atoms with van der Waals surface area (Å²) in [6.07, 6.45) is 0.980. The predicted molar refractivity (Wildman–Crippen MR) is 75.7 cm³/mol. The predicted octanol–water partition coefficient (Wildman–Crippen LogP) is 0.694. The fourth-order valence-electron chi connectivity index (χ4n) is 1.74. The highest BCUT2D eigenvalue weighted by molar-refractivity contribution is 5.90. The van der Waals surface area contributed by atoms with Crippen LogP contribution in [0, 0.1) is 11.3 Å². The molecule has 20 heavy (non-hydrogen) atoms. The Hall–Kier alpha value is -2.39. The van der Waals surface area contributed by atoms with Crippen LogP contribution in [0.1, 0.15) is 18.4 Å². The van der Waals surface area contributed by atoms with Crippen LogP contribution in [0.5, 0.6) is 0 Å². The van der Waals surface area contributed by atoms with Gasteiger partial charge in [-0.1, -0.05) is 6.07 Å². The average molecular weight is 274 g/mol. The van der Waals surface area contributed by atoms with Crippen molar-refractivity contribution in [2.45, 2.75) is 12.8 Å². The Bertz CT molecular complexity index is 522. The lowest BCUT2D eigenvalue weighted by Gasteiger charge is -2.13. The quantitative estimate of drug-likeness (QED) is 0.764. The molecule has 106 valence electrons. The van der Waals surface area contributed by atoms with Gasteiger partial charge in [0.2, 0.25) is 11.8 Å². The van der Waals surface area contributed by atoms with Gasteiger partial charge in [0, 0.05) is 12.1 Å². The van der Waals surface area contributed by atoms with Gasteiger partial charge in [0.25, 0.3) is 0 Å². The molecule has 0 aliphatic carbocycles. The molecule has 2 amide bonds. The molecule has 1 aromatic carbocycles. The minimum Gasteiger partial charge on any atom is -0.369 e. The minimum atomic E-state index is -0.384. The minimum absolute atomic E-state index is 0.118. The molecule has 0 fully saturated rings. The molecule has 0 aliphatic rings. The number of nitriles is 1. The summed E-state index contributed by atoms with van der Waals surface area (Å²) in [5.74, 6) is -0.502. The van der Waals surface area contributed by atoms with Gasteiger partial charge in [0.1, 0.15) is 0 Å². The van der Waals surface area contributed by atoms with Crippen molar-refractivity contribution in [3.63, 3.8) is 0 Å². The maximum absolute atomic E-state index is 11.7. The number of anilines is 1. The van der Waals surface area contributed by atoms with Crippen molar-refractivity contribution in [3.05, 3.63) is 29.8 Å². The van der Waals surface area contributed by atoms with Gasteiger partial charge in [0.15, 0.2) is 0 Å². The number of nitrogens with one attached hydrogen (secondary N) is 1. The zero-order valence-electron chi connectivity index (χ0n) is 11.4. The van der Waals surface area contributed by atoms with E-state index in [-0.39, 0.29) is 18.4 Å². The van der Waals surface area contributed by atoms with Crippen LogP contribution in [-0.2, 0) is 9.59 Å². The first-order chi connectivity index (χ1) is 9.51. The summed E-state index contributed by atoms with van der Waals surface area (Å²) in [5, 5.41) is 11.5. The molecule has 0 radical (unpaired) electrons. The number of carbonyl (C=O) groups is 2. The monoisotopic (exact) mass is 274 g/mol. The van der Waals surface area contributed by atoms with Crippen LogP contribution in [0.2, 0.25) is 0 Å². The molecule has 6 nitrogen and oxygen atoms in total. The summed E-state index contributed by atoms with van der Waals surface area (Å²) in [5.41, 5.74) is 6.18. The summed E-state index contributed by atoms with van der Waals surface area (Å²) < 4.78 is 0. The van der Waals surface area contributed by atoms with Crippen LogP contribution < -0.4 is 11.1 Å². The van der Waals surface area contributed by atoms with Crippen molar-refractivity contribution in [1.29, 1.82) is 5.26 Å². The van der Waals surface area contributed by atoms with E-state index in [4.69, 9.17) is 11.0 Å². The van der Waals surface area contributed by atoms with E-state index in [9.17, 15) is 9.59 Å². The number of nitrogens with zero attached hydrogens (tertiary/aromatic N) is 2. The van der Waals surface area contributed by atoms with Crippen molar-refractivity contribution in [3.8, 4) is 6.07 Å². The molecule has 0 aromatic heterocycles. The van der Waals surface area contributed by atoms with Crippen molar-refractivity contribution in [1.82, 2.24) is 4.90 Å². The largest absolute Gasteiger partial charge is 0.369 e. The maximum Gasteiger partial charge on any atom is 0.231 e. The number of carbonyl (C=O) groups excluding carboxylic acids is 2. The Labute approximate surface area is 118 Å². The summed E-state index contributed by atoms with van der Waals surface area (Å²) in [7, 11) is 1.78. The molecule has 0 aliphatic heterocycles. The van der Waals surface area contributed by atoms with Crippen LogP contribution in [0.15, 0.2) is 24.3 Å². The fourth-order valence-corrected chi connectivity index (χ4v) is 1.74. The van der Waals surface area contributed by atoms with E-state index >= 15 is 0 Å². The Kier molecular flexibility index (Phi) is 6.20. The van der Waals surface area contributed by atoms with E-state index in [0.717, 1.165) is 0 Å². The smallest absolute Gasteiger partial charge is 0.231 e. The molecule has 3 N–H and O–H groups in total. The zero-order chi connectivity index (χ0) is 15.0. The van der Waals surface area contributed by atoms with Crippen LogP contribution in [0.25, 0.3) is 0 Å². The molecule has 1 rings (SSSR count). The lowest BCUT2D eigenvalue weighted by atomic mass is 10.2. The average Bonchev–Trinajstić information content (AvgIpc) is 2.38. The first-order valence-corrected chi connectivity index (χ1v) is 6.28. The molecule has 0 spiro atoms. The van der Waals surface area contributed by atoms with Gasteiger partial charge in [-0.2, -0.15) is 5.26 Å². The third-order valence-electron chi connectivity index (χ3n) is 2.64. The Balaban J connectivity index is 2.33. The summed E-state index contributed by atoms with van der Waals surface area (Å²) >= 11 is 0. The number of likely N-dealkylation sites (N-methyl/N-ethyl adjacent to an activating group) is 1. The van der Waals surface area contributed by atoms with Gasteiger partial charge in [-0.05, 0) is 38.2 Å². The van der Waals surface area contributed by atoms with Gasteiger partial charge < -0.3 is 11.1 Å². The standard InChI is InChI=1S/C14H18N4O2/c1-18(10-13(16)19)7-3-6-14(20)17-12-5-2-4-11(8-12)9-15/h2,4-5,8H,3,6-7,10H2,1H3,(H2,16,19)(H,17,20). The van der Waals surface area contributed by atoms with E-state index in [1.807, 2.05) is 6.07 Å². The zero-order valence-corrected chi connectivity index (χ0v) is 11.4. The maximum atomic E-state index is 11.7. The summed E-state index contributed by atoms with van der Waals surface area (Å²) in [6, 6.07) is 8.76. The molecular weight excluding hydrogens is 256 g/mol. The van der Waals surface area contributed by atoms with Gasteiger partial charge in [-0.25, -0.2) is 0 Å². The van der Waals surface area contributed by atoms with E-state index in [1.54, 1.807) is 36.2 Å². The van der Waals surface area contributed by atoms with Crippen LogP contribution >= 0.6 is 0 Å². The van der Waals surface area contributed by atoms with Crippen LogP contribution in [0.3, 0.4) is 0 Å². The number of hydrogen-bond acceptors (Lipinski definition) is 4. The second-order valence-corrected chi connectivity index (χ2v) is 4.55. The third-order valence-corrected chi connectivity index (χ3v) is 2.64. The number of nitrogens with two attached hydrogens (primary N) is 1. The van der Waals surface area contributed by atoms with Crippen molar-refractivity contribution < 1.29 is 9.59 Å². The lowest BCUT2D eigenvalue weighted by molar-refractivity contribution is -0.118. The summed E-state index contributed by atoms with van der Waals surface area (Å²) in [4.78, 5) is 24.2. The SMILES string of the molecule is CN(CCCC(=O)Nc1cccc(C#N)c1)CC(N)=O. The molecule has 1 aromatic rings. The highest BCUT2D eigenvalue weighted by Crippen LogP contribution is 2.10. The van der Waals surface area contributed by atoms with E-state index in [1.165, 1.54) is 0 Å². The van der Waals surface area contributed by atoms with Crippen molar-refractivity contribution in [2.75, 3.05) is 25.5 Å². The number of benzene rings is 1. The molecule has 0 atom stereocenters. The molecular formula is C14H18N4O2. The summed E-state index contributed by atoms with van der Waals surface area (Å²) in [6.45, 7) is 0.806. The second-order valence-electron chi connectivity index (χ2n) is 4.55. The van der Waals surface area contributed by atoms with Gasteiger partial charge in [0.05, 0.1) is 18.2 Å². The molecule has 0 heterocycles. The third kappa shape index (κ3) is 5.98. The van der Waals surface area contributed by atoms with Gasteiger partial charge in [-0.3, -0.25) is 14.5 Å². The van der Waals surface area contributed by atoms with Crippen LogP contribution in [-0.4, -0.2) is 36.9 Å². The molecule has 0 bridgehead atoms. The van der Waals surface area contributed by atoms with E-state index in [0.29, 0.717) is 30.6 Å². The molecule has 0 saturated heterocycles. The number of hydrogen-bond donors (Lipinski definition) is 2. The van der Waals surface area contributed by atoms with Crippen molar-refractivity contribution in [2.24, 2.45) is 5.73 Å². The fraction of sp³-hybridized carbons (Fsp3) is 0.357. The molecule has 6 heteroatoms. The molecule has 0 saturated carbocycles.